The Bertz CT molecular complexity index is 1050. The van der Waals surface area contributed by atoms with Crippen LogP contribution in [0.1, 0.15) is 18.9 Å². The van der Waals surface area contributed by atoms with E-state index in [1.54, 1.807) is 62.6 Å². The number of hydrogen-bond donors (Lipinski definition) is 2. The quantitative estimate of drug-likeness (QED) is 0.598. The van der Waals surface area contributed by atoms with Gasteiger partial charge in [0.1, 0.15) is 22.9 Å². The third-order valence-electron chi connectivity index (χ3n) is 4.34. The van der Waals surface area contributed by atoms with Crippen LogP contribution in [0.4, 0.5) is 5.69 Å². The van der Waals surface area contributed by atoms with Crippen LogP contribution in [0.2, 0.25) is 0 Å². The molecule has 8 nitrogen and oxygen atoms in total. The van der Waals surface area contributed by atoms with Crippen LogP contribution in [0.3, 0.4) is 0 Å². The van der Waals surface area contributed by atoms with Gasteiger partial charge in [-0.3, -0.25) is 4.79 Å². The molecule has 2 aromatic rings. The molecular formula is C22H22N2O6S. The number of amides is 1. The molecule has 31 heavy (non-hydrogen) atoms. The maximum Gasteiger partial charge on any atom is 0.344 e. The van der Waals surface area contributed by atoms with E-state index in [1.807, 2.05) is 0 Å². The van der Waals surface area contributed by atoms with Gasteiger partial charge in [0.05, 0.1) is 19.1 Å². The predicted octanol–water partition coefficient (Wildman–Crippen LogP) is 3.84. The number of carbonyl (C=O) groups is 2. The summed E-state index contributed by atoms with van der Waals surface area (Å²) in [5.41, 5.74) is 1.26. The van der Waals surface area contributed by atoms with Crippen molar-refractivity contribution in [2.75, 3.05) is 14.2 Å². The second kappa shape index (κ2) is 10.0. The molecule has 1 heterocycles. The summed E-state index contributed by atoms with van der Waals surface area (Å²) in [5, 5.41) is 12.3. The molecule has 0 bridgehead atoms. The summed E-state index contributed by atoms with van der Waals surface area (Å²) < 4.78 is 16.0. The molecule has 1 saturated heterocycles. The number of carbonyl (C=O) groups excluding carboxylic acids is 1. The molecule has 1 fully saturated rings. The van der Waals surface area contributed by atoms with Gasteiger partial charge in [-0.2, -0.15) is 0 Å². The van der Waals surface area contributed by atoms with Gasteiger partial charge in [-0.15, -0.1) is 0 Å². The van der Waals surface area contributed by atoms with Gasteiger partial charge in [0.25, 0.3) is 5.91 Å². The minimum absolute atomic E-state index is 0.278. The largest absolute Gasteiger partial charge is 0.497 e. The van der Waals surface area contributed by atoms with Crippen LogP contribution in [0.25, 0.3) is 6.08 Å². The molecule has 1 amide bonds. The number of aliphatic carboxylic acids is 1. The van der Waals surface area contributed by atoms with E-state index < -0.39 is 12.1 Å². The summed E-state index contributed by atoms with van der Waals surface area (Å²) in [6, 6.07) is 12.1. The minimum atomic E-state index is -1.02. The summed E-state index contributed by atoms with van der Waals surface area (Å²) in [7, 11) is 3.10. The Kier molecular flexibility index (Phi) is 7.19. The molecule has 0 aromatic heterocycles. The predicted molar refractivity (Wildman–Crippen MR) is 119 cm³/mol. The van der Waals surface area contributed by atoms with E-state index in [1.165, 1.54) is 18.9 Å². The van der Waals surface area contributed by atoms with Crippen molar-refractivity contribution in [1.82, 2.24) is 5.32 Å². The highest BCUT2D eigenvalue weighted by atomic mass is 32.2. The second-order valence-electron chi connectivity index (χ2n) is 6.44. The Morgan fingerprint density at radius 3 is 2.68 bits per heavy atom. The topological polar surface area (TPSA) is 106 Å². The number of thioether (sulfide) groups is 1. The molecule has 1 aliphatic rings. The molecule has 2 N–H and O–H groups in total. The zero-order chi connectivity index (χ0) is 22.4. The van der Waals surface area contributed by atoms with Gasteiger partial charge in [-0.05, 0) is 54.1 Å². The number of rotatable bonds is 8. The monoisotopic (exact) mass is 442 g/mol. The number of nitrogens with one attached hydrogen (secondary N) is 1. The van der Waals surface area contributed by atoms with Crippen LogP contribution in [0, 0.1) is 0 Å². The Morgan fingerprint density at radius 1 is 1.19 bits per heavy atom. The van der Waals surface area contributed by atoms with Crippen molar-refractivity contribution in [1.29, 1.82) is 0 Å². The van der Waals surface area contributed by atoms with Crippen LogP contribution in [0.5, 0.6) is 17.2 Å². The number of carboxylic acid groups (broad SMARTS) is 1. The number of benzene rings is 2. The zero-order valence-electron chi connectivity index (χ0n) is 17.2. The van der Waals surface area contributed by atoms with E-state index in [0.29, 0.717) is 45.0 Å². The smallest absolute Gasteiger partial charge is 0.344 e. The molecule has 3 rings (SSSR count). The van der Waals surface area contributed by atoms with Crippen molar-refractivity contribution < 1.29 is 28.9 Å². The fourth-order valence-corrected chi connectivity index (χ4v) is 3.60. The molecule has 2 aromatic carbocycles. The fraction of sp³-hybridized carbons (Fsp3) is 0.227. The summed E-state index contributed by atoms with van der Waals surface area (Å²) in [6.07, 6.45) is 1.11. The van der Waals surface area contributed by atoms with Gasteiger partial charge < -0.3 is 24.6 Å². The van der Waals surface area contributed by atoms with E-state index in [0.717, 1.165) is 0 Å². The number of hydrogen-bond acceptors (Lipinski definition) is 7. The van der Waals surface area contributed by atoms with Crippen molar-refractivity contribution >= 4 is 40.6 Å². The number of carboxylic acids is 1. The first-order valence-electron chi connectivity index (χ1n) is 9.44. The van der Waals surface area contributed by atoms with Crippen molar-refractivity contribution in [3.05, 3.63) is 52.9 Å². The standard InChI is InChI=1S/C22H22N2O6S/c1-4-17(21(26)27)30-15-7-5-6-13(10-15)11-19-20(25)24-22(31-19)23-16-9-8-14(28-2)12-18(16)29-3/h5-12,17H,4H2,1-3H3,(H,26,27)(H,23,24,25)/b19-11+. The van der Waals surface area contributed by atoms with Gasteiger partial charge in [0.2, 0.25) is 0 Å². The highest BCUT2D eigenvalue weighted by Crippen LogP contribution is 2.34. The third-order valence-corrected chi connectivity index (χ3v) is 5.25. The van der Waals surface area contributed by atoms with Gasteiger partial charge in [0.15, 0.2) is 11.3 Å². The Balaban J connectivity index is 1.80. The molecule has 0 radical (unpaired) electrons. The highest BCUT2D eigenvalue weighted by Gasteiger charge is 2.24. The molecule has 1 unspecified atom stereocenters. The first kappa shape index (κ1) is 22.2. The van der Waals surface area contributed by atoms with Gasteiger partial charge >= 0.3 is 5.97 Å². The number of methoxy groups -OCH3 is 2. The van der Waals surface area contributed by atoms with Crippen LogP contribution in [-0.4, -0.2) is 42.5 Å². The van der Waals surface area contributed by atoms with E-state index in [-0.39, 0.29) is 5.91 Å². The molecular weight excluding hydrogens is 420 g/mol. The Morgan fingerprint density at radius 2 is 2.00 bits per heavy atom. The van der Waals surface area contributed by atoms with Crippen LogP contribution < -0.4 is 19.5 Å². The average Bonchev–Trinajstić information content (AvgIpc) is 3.10. The Hall–Kier alpha value is -3.46. The highest BCUT2D eigenvalue weighted by molar-refractivity contribution is 8.18. The Labute approximate surface area is 183 Å². The van der Waals surface area contributed by atoms with E-state index in [2.05, 4.69) is 10.3 Å². The van der Waals surface area contributed by atoms with Gasteiger partial charge in [-0.1, -0.05) is 19.1 Å². The van der Waals surface area contributed by atoms with Crippen molar-refractivity contribution in [3.8, 4) is 17.2 Å². The zero-order valence-corrected chi connectivity index (χ0v) is 18.1. The molecule has 0 spiro atoms. The molecule has 0 aliphatic carbocycles. The van der Waals surface area contributed by atoms with Crippen molar-refractivity contribution in [2.24, 2.45) is 4.99 Å². The summed E-state index contributed by atoms with van der Waals surface area (Å²) in [6.45, 7) is 1.74. The average molecular weight is 442 g/mol. The maximum absolute atomic E-state index is 12.4. The van der Waals surface area contributed by atoms with E-state index in [9.17, 15) is 9.59 Å². The third kappa shape index (κ3) is 5.58. The number of aliphatic imine (C=N–C) groups is 1. The molecule has 1 aliphatic heterocycles. The van der Waals surface area contributed by atoms with Crippen LogP contribution in [-0.2, 0) is 9.59 Å². The van der Waals surface area contributed by atoms with Crippen molar-refractivity contribution in [3.63, 3.8) is 0 Å². The lowest BCUT2D eigenvalue weighted by molar-refractivity contribution is -0.145. The van der Waals surface area contributed by atoms with E-state index >= 15 is 0 Å². The molecule has 1 atom stereocenters. The lowest BCUT2D eigenvalue weighted by Gasteiger charge is -2.13. The molecule has 9 heteroatoms. The number of amidine groups is 1. The first-order valence-corrected chi connectivity index (χ1v) is 10.3. The molecule has 162 valence electrons. The van der Waals surface area contributed by atoms with Crippen LogP contribution in [0.15, 0.2) is 52.4 Å². The minimum Gasteiger partial charge on any atom is -0.497 e. The SMILES string of the molecule is CCC(Oc1cccc(/C=C2/SC(=Nc3ccc(OC)cc3OC)NC2=O)c1)C(=O)O. The van der Waals surface area contributed by atoms with Gasteiger partial charge in [0, 0.05) is 6.07 Å². The first-order chi connectivity index (χ1) is 14.9. The number of ether oxygens (including phenoxy) is 3. The molecule has 0 saturated carbocycles. The summed E-state index contributed by atoms with van der Waals surface area (Å²) in [5.74, 6) is 0.280. The normalized spacial score (nSPS) is 16.8. The lowest BCUT2D eigenvalue weighted by atomic mass is 10.2. The van der Waals surface area contributed by atoms with Gasteiger partial charge in [-0.25, -0.2) is 9.79 Å². The summed E-state index contributed by atoms with van der Waals surface area (Å²) >= 11 is 1.20. The number of nitrogens with zero attached hydrogens (tertiary/aromatic N) is 1. The maximum atomic E-state index is 12.4. The van der Waals surface area contributed by atoms with Crippen LogP contribution >= 0.6 is 11.8 Å². The van der Waals surface area contributed by atoms with E-state index in [4.69, 9.17) is 19.3 Å². The lowest BCUT2D eigenvalue weighted by Crippen LogP contribution is -2.25. The second-order valence-corrected chi connectivity index (χ2v) is 7.48. The summed E-state index contributed by atoms with van der Waals surface area (Å²) in [4.78, 5) is 28.5. The fourth-order valence-electron chi connectivity index (χ4n) is 2.77. The van der Waals surface area contributed by atoms with Crippen molar-refractivity contribution in [2.45, 2.75) is 19.4 Å².